The highest BCUT2D eigenvalue weighted by atomic mass is 16.5. The predicted octanol–water partition coefficient (Wildman–Crippen LogP) is 7.55. The molecule has 0 spiro atoms. The van der Waals surface area contributed by atoms with Gasteiger partial charge in [-0.05, 0) is 86.4 Å². The number of nitrogens with one attached hydrogen (secondary N) is 1. The number of H-pyrrole nitrogens is 1. The third-order valence-corrected chi connectivity index (χ3v) is 6.88. The van der Waals surface area contributed by atoms with Gasteiger partial charge < -0.3 is 14.8 Å². The smallest absolute Gasteiger partial charge is 0.303 e. The fourth-order valence-corrected chi connectivity index (χ4v) is 4.87. The van der Waals surface area contributed by atoms with Crippen molar-refractivity contribution >= 4 is 22.7 Å². The molecule has 2 N–H and O–H groups in total. The molecule has 0 radical (unpaired) electrons. The number of rotatable bonds is 15. The summed E-state index contributed by atoms with van der Waals surface area (Å²) < 4.78 is 5.92. The topological polar surface area (TPSA) is 79.4 Å². The van der Waals surface area contributed by atoms with Gasteiger partial charge in [-0.1, -0.05) is 55.8 Å². The maximum absolute atomic E-state index is 13.5. The lowest BCUT2D eigenvalue weighted by Crippen LogP contribution is -2.06. The molecule has 0 saturated carbocycles. The minimum Gasteiger partial charge on any atom is -0.494 e. The first-order chi connectivity index (χ1) is 18.5. The molecule has 0 fully saturated rings. The van der Waals surface area contributed by atoms with Gasteiger partial charge in [0, 0.05) is 28.6 Å². The van der Waals surface area contributed by atoms with Gasteiger partial charge in [0.25, 0.3) is 0 Å². The van der Waals surface area contributed by atoms with Crippen molar-refractivity contribution in [2.24, 2.45) is 0 Å². The van der Waals surface area contributed by atoms with Gasteiger partial charge in [-0.2, -0.15) is 0 Å². The van der Waals surface area contributed by atoms with Crippen molar-refractivity contribution in [3.8, 4) is 5.75 Å². The number of ether oxygens (including phenoxy) is 1. The molecule has 1 aromatic heterocycles. The molecule has 4 aromatic rings. The van der Waals surface area contributed by atoms with Crippen LogP contribution in [0.2, 0.25) is 0 Å². The van der Waals surface area contributed by atoms with Gasteiger partial charge in [0.1, 0.15) is 5.75 Å². The van der Waals surface area contributed by atoms with E-state index < -0.39 is 5.97 Å². The Hall–Kier alpha value is -3.86. The summed E-state index contributed by atoms with van der Waals surface area (Å²) in [6, 6.07) is 24.0. The van der Waals surface area contributed by atoms with E-state index in [-0.39, 0.29) is 12.2 Å². The molecule has 4 rings (SSSR count). The Morgan fingerprint density at radius 3 is 2.21 bits per heavy atom. The van der Waals surface area contributed by atoms with Crippen LogP contribution in [0.25, 0.3) is 10.9 Å². The molecule has 3 aromatic carbocycles. The highest BCUT2D eigenvalue weighted by molar-refractivity contribution is 6.17. The van der Waals surface area contributed by atoms with E-state index in [0.29, 0.717) is 30.6 Å². The van der Waals surface area contributed by atoms with Crippen LogP contribution in [0.4, 0.5) is 0 Å². The molecule has 0 unspecified atom stereocenters. The van der Waals surface area contributed by atoms with Gasteiger partial charge in [0.05, 0.1) is 12.2 Å². The number of unbranched alkanes of at least 4 members (excludes halogenated alkanes) is 2. The van der Waals surface area contributed by atoms with Crippen LogP contribution < -0.4 is 4.74 Å². The summed E-state index contributed by atoms with van der Waals surface area (Å²) in [5.74, 6) is -0.141. The number of carbonyl (C=O) groups is 2. The summed E-state index contributed by atoms with van der Waals surface area (Å²) in [7, 11) is 0. The Labute approximate surface area is 224 Å². The third-order valence-electron chi connectivity index (χ3n) is 6.88. The summed E-state index contributed by atoms with van der Waals surface area (Å²) in [5.41, 5.74) is 5.69. The molecular weight excluding hydrogens is 474 g/mol. The molecule has 0 saturated heterocycles. The minimum atomic E-state index is -0.832. The second-order valence-corrected chi connectivity index (χ2v) is 9.85. The number of para-hydroxylation sites is 1. The van der Waals surface area contributed by atoms with Gasteiger partial charge in [-0.25, -0.2) is 0 Å². The van der Waals surface area contributed by atoms with Crippen LogP contribution in [0, 0.1) is 0 Å². The number of aryl methyl sites for hydroxylation is 3. The van der Waals surface area contributed by atoms with Gasteiger partial charge in [0.2, 0.25) is 0 Å². The number of fused-ring (bicyclic) bond motifs is 1. The average Bonchev–Trinajstić information content (AvgIpc) is 3.29. The van der Waals surface area contributed by atoms with Crippen LogP contribution >= 0.6 is 0 Å². The maximum atomic E-state index is 13.5. The second-order valence-electron chi connectivity index (χ2n) is 9.85. The van der Waals surface area contributed by atoms with E-state index in [4.69, 9.17) is 9.84 Å². The second kappa shape index (κ2) is 13.6. The lowest BCUT2D eigenvalue weighted by molar-refractivity contribution is -0.137. The van der Waals surface area contributed by atoms with E-state index in [1.807, 2.05) is 48.5 Å². The van der Waals surface area contributed by atoms with Crippen molar-refractivity contribution in [1.29, 1.82) is 0 Å². The fourth-order valence-electron chi connectivity index (χ4n) is 4.87. The Morgan fingerprint density at radius 2 is 1.50 bits per heavy atom. The molecule has 5 nitrogen and oxygen atoms in total. The van der Waals surface area contributed by atoms with Crippen LogP contribution in [0.3, 0.4) is 0 Å². The Bertz CT molecular complexity index is 1340. The number of benzene rings is 3. The Kier molecular flexibility index (Phi) is 9.74. The molecule has 38 heavy (non-hydrogen) atoms. The maximum Gasteiger partial charge on any atom is 0.303 e. The number of carboxylic acid groups (broad SMARTS) is 1. The number of carbonyl (C=O) groups excluding carboxylic acids is 1. The summed E-state index contributed by atoms with van der Waals surface area (Å²) in [6.07, 6.45) is 7.71. The molecule has 0 bridgehead atoms. The first-order valence-corrected chi connectivity index (χ1v) is 13.7. The van der Waals surface area contributed by atoms with Crippen molar-refractivity contribution in [2.45, 2.75) is 64.7 Å². The molecular formula is C33H37NO4. The van der Waals surface area contributed by atoms with Crippen molar-refractivity contribution in [3.63, 3.8) is 0 Å². The zero-order valence-electron chi connectivity index (χ0n) is 22.2. The molecule has 0 aliphatic heterocycles. The van der Waals surface area contributed by atoms with E-state index in [9.17, 15) is 9.59 Å². The first kappa shape index (κ1) is 27.2. The van der Waals surface area contributed by atoms with E-state index in [2.05, 4.69) is 36.2 Å². The van der Waals surface area contributed by atoms with Gasteiger partial charge in [-0.3, -0.25) is 9.59 Å². The summed E-state index contributed by atoms with van der Waals surface area (Å²) in [5, 5.41) is 9.86. The Morgan fingerprint density at radius 1 is 0.789 bits per heavy atom. The number of ketones is 1. The molecule has 0 amide bonds. The lowest BCUT2D eigenvalue weighted by atomic mass is 9.98. The monoisotopic (exact) mass is 511 g/mol. The van der Waals surface area contributed by atoms with Gasteiger partial charge in [-0.15, -0.1) is 0 Å². The predicted molar refractivity (Wildman–Crippen MR) is 152 cm³/mol. The van der Waals surface area contributed by atoms with Crippen LogP contribution in [0.1, 0.15) is 78.2 Å². The number of aromatic amines is 1. The minimum absolute atomic E-state index is 0.0675. The number of carboxylic acids is 1. The van der Waals surface area contributed by atoms with E-state index >= 15 is 0 Å². The number of hydrogen-bond donors (Lipinski definition) is 2. The largest absolute Gasteiger partial charge is 0.494 e. The highest BCUT2D eigenvalue weighted by Crippen LogP contribution is 2.27. The number of hydrogen-bond acceptors (Lipinski definition) is 3. The number of aliphatic carboxylic acids is 1. The molecule has 5 heteroatoms. The van der Waals surface area contributed by atoms with Crippen LogP contribution in [-0.2, 0) is 24.1 Å². The highest BCUT2D eigenvalue weighted by Gasteiger charge is 2.20. The third kappa shape index (κ3) is 7.34. The van der Waals surface area contributed by atoms with Crippen molar-refractivity contribution in [3.05, 3.63) is 101 Å². The summed E-state index contributed by atoms with van der Waals surface area (Å²) in [6.45, 7) is 2.86. The van der Waals surface area contributed by atoms with E-state index in [1.165, 1.54) is 17.5 Å². The zero-order chi connectivity index (χ0) is 26.7. The van der Waals surface area contributed by atoms with Crippen LogP contribution in [-0.4, -0.2) is 28.4 Å². The van der Waals surface area contributed by atoms with Crippen molar-refractivity contribution in [2.75, 3.05) is 6.61 Å². The Balaban J connectivity index is 1.28. The van der Waals surface area contributed by atoms with E-state index in [0.717, 1.165) is 54.5 Å². The molecule has 1 heterocycles. The molecule has 0 aliphatic rings. The van der Waals surface area contributed by atoms with Gasteiger partial charge in [0.15, 0.2) is 5.78 Å². The molecule has 0 atom stereocenters. The molecule has 198 valence electrons. The van der Waals surface area contributed by atoms with Gasteiger partial charge >= 0.3 is 5.97 Å². The average molecular weight is 512 g/mol. The SMILES string of the molecule is CCCc1ccc(CCCCCOc2ccc(C(=O)c3c(CCCC(=O)O)[nH]c4ccccc34)cc2)cc1. The number of aromatic nitrogens is 1. The zero-order valence-corrected chi connectivity index (χ0v) is 22.2. The normalized spacial score (nSPS) is 11.1. The quantitative estimate of drug-likeness (QED) is 0.128. The summed E-state index contributed by atoms with van der Waals surface area (Å²) >= 11 is 0. The fraction of sp³-hybridized carbons (Fsp3) is 0.333. The standard InChI is InChI=1S/C33H37NO4/c1-2-9-24-15-17-25(18-16-24)10-4-3-7-23-38-27-21-19-26(20-22-27)33(37)32-28-11-5-6-12-29(28)34-30(32)13-8-14-31(35)36/h5-6,11-12,15-22,34H,2-4,7-10,13-14,23H2,1H3,(H,35,36). The van der Waals surface area contributed by atoms with Crippen LogP contribution in [0.15, 0.2) is 72.8 Å². The summed E-state index contributed by atoms with van der Waals surface area (Å²) in [4.78, 5) is 27.8. The van der Waals surface area contributed by atoms with Crippen LogP contribution in [0.5, 0.6) is 5.75 Å². The first-order valence-electron chi connectivity index (χ1n) is 13.7. The van der Waals surface area contributed by atoms with E-state index in [1.54, 1.807) is 0 Å². The lowest BCUT2D eigenvalue weighted by Gasteiger charge is -2.08. The molecule has 0 aliphatic carbocycles. The van der Waals surface area contributed by atoms with Crippen molar-refractivity contribution < 1.29 is 19.4 Å². The van der Waals surface area contributed by atoms with Crippen molar-refractivity contribution in [1.82, 2.24) is 4.98 Å².